The van der Waals surface area contributed by atoms with Gasteiger partial charge in [-0.05, 0) is 0 Å². The van der Waals surface area contributed by atoms with Crippen molar-refractivity contribution in [1.82, 2.24) is 0 Å². The average molecular weight is 632 g/mol. The summed E-state index contributed by atoms with van der Waals surface area (Å²) in [6.45, 7) is 0. The van der Waals surface area contributed by atoms with Crippen molar-refractivity contribution < 1.29 is 65.4 Å². The molecule has 2 radical (unpaired) electrons. The monoisotopic (exact) mass is 634 g/mol. The van der Waals surface area contributed by atoms with Crippen LogP contribution in [0.3, 0.4) is 0 Å². The van der Waals surface area contributed by atoms with Crippen LogP contribution in [0.25, 0.3) is 0 Å². The Bertz CT molecular complexity index is 329. The first-order valence-corrected chi connectivity index (χ1v) is 26.2. The molecule has 4 heteroatoms. The molecule has 0 aromatic heterocycles. The molecule has 0 saturated carbocycles. The summed E-state index contributed by atoms with van der Waals surface area (Å²) in [5.41, 5.74) is 0. The van der Waals surface area contributed by atoms with Crippen LogP contribution in [0.15, 0.2) is 36.5 Å². The maximum Gasteiger partial charge on any atom is 0 e. The van der Waals surface area contributed by atoms with Gasteiger partial charge in [0.25, 0.3) is 0 Å². The number of rotatable bonds is 6. The summed E-state index contributed by atoms with van der Waals surface area (Å²) in [7, 11) is 0. The Balaban J connectivity index is -0.00000144. The maximum atomic E-state index is 3.45. The van der Waals surface area contributed by atoms with E-state index in [1.165, 1.54) is 0 Å². The summed E-state index contributed by atoms with van der Waals surface area (Å²) in [5.74, 6) is 0. The first-order valence-electron chi connectivity index (χ1n) is 6.23. The Morgan fingerprint density at radius 3 is 1.10 bits per heavy atom. The van der Waals surface area contributed by atoms with Crippen molar-refractivity contribution in [2.45, 2.75) is 29.6 Å². The van der Waals surface area contributed by atoms with Crippen LogP contribution >= 0.6 is 0 Å². The second-order valence-corrected chi connectivity index (χ2v) is 33.5. The third-order valence-electron chi connectivity index (χ3n) is 1.67. The van der Waals surface area contributed by atoms with Crippen molar-refractivity contribution in [3.63, 3.8) is 0 Å². The molecule has 20 heavy (non-hydrogen) atoms. The van der Waals surface area contributed by atoms with Crippen molar-refractivity contribution in [2.75, 3.05) is 0 Å². The Morgan fingerprint density at radius 1 is 0.550 bits per heavy atom. The summed E-state index contributed by atoms with van der Waals surface area (Å²) >= 11 is -3.71. The minimum absolute atomic E-state index is 0. The summed E-state index contributed by atoms with van der Waals surface area (Å²) in [6, 6.07) is 0. The maximum absolute atomic E-state index is 3.45. The molecule has 0 atom stereocenters. The van der Waals surface area contributed by atoms with Crippen molar-refractivity contribution >= 4 is 36.8 Å². The van der Waals surface area contributed by atoms with Crippen molar-refractivity contribution in [2.24, 2.45) is 0 Å². The molecule has 0 unspecified atom stereocenters. The summed E-state index contributed by atoms with van der Waals surface area (Å²) in [6.07, 6.45) is 17.7. The zero-order valence-electron chi connectivity index (χ0n) is 13.6. The topological polar surface area (TPSA) is 0 Å². The molecule has 0 saturated heterocycles. The van der Waals surface area contributed by atoms with E-state index in [1.807, 2.05) is 36.5 Å². The van der Waals surface area contributed by atoms with Gasteiger partial charge in [-0.3, -0.25) is 0 Å². The molecule has 0 heterocycles. The molecule has 0 nitrogen and oxygen atoms in total. The molecule has 0 aromatic rings. The molecular weight excluding hydrogens is 607 g/mol. The zero-order valence-corrected chi connectivity index (χ0v) is 25.0. The first-order chi connectivity index (χ1) is 8.21. The normalized spacial score (nSPS) is 13.7. The molecular formula is C16H24Sn2Y2-4. The summed E-state index contributed by atoms with van der Waals surface area (Å²) < 4.78 is 6.89. The molecule has 0 N–H and O–H groups in total. The van der Waals surface area contributed by atoms with E-state index in [9.17, 15) is 0 Å². The second-order valence-electron chi connectivity index (χ2n) is 6.12. The molecule has 106 valence electrons. The van der Waals surface area contributed by atoms with Gasteiger partial charge in [-0.1, -0.05) is 0 Å². The van der Waals surface area contributed by atoms with Crippen molar-refractivity contribution in [3.05, 3.63) is 56.8 Å². The minimum Gasteiger partial charge on any atom is 0 e. The van der Waals surface area contributed by atoms with Gasteiger partial charge in [0.05, 0.1) is 0 Å². The van der Waals surface area contributed by atoms with Crippen LogP contribution in [-0.4, -0.2) is 36.8 Å². The summed E-state index contributed by atoms with van der Waals surface area (Å²) in [5, 5.41) is 0. The van der Waals surface area contributed by atoms with Crippen LogP contribution in [0.4, 0.5) is 0 Å². The van der Waals surface area contributed by atoms with Crippen LogP contribution in [0.5, 0.6) is 0 Å². The Morgan fingerprint density at radius 2 is 0.850 bits per heavy atom. The molecule has 0 aliphatic carbocycles. The van der Waals surface area contributed by atoms with Crippen LogP contribution in [0, 0.1) is 20.3 Å². The van der Waals surface area contributed by atoms with Gasteiger partial charge >= 0.3 is 123 Å². The molecule has 0 aliphatic rings. The number of hydrogen-bond acceptors (Lipinski definition) is 0. The van der Waals surface area contributed by atoms with Crippen LogP contribution in [0.1, 0.15) is 0 Å². The standard InChI is InChI=1S/C10H6.6CH3.2Sn.2Y/c1-3-5-7-9-10-8-6-4-2;;;;;;;;;;/h3-6,9-10H;6*1H3;;;;/q-4;;;;;;;;;;/b10-9+;;;;;;;;;;. The summed E-state index contributed by atoms with van der Waals surface area (Å²) in [4.78, 5) is 14.0. The van der Waals surface area contributed by atoms with E-state index in [0.29, 0.717) is 0 Å². The Labute approximate surface area is 185 Å². The Kier molecular flexibility index (Phi) is 20.6. The third-order valence-corrected chi connectivity index (χ3v) is 7.56. The molecule has 0 amide bonds. The molecule has 0 spiro atoms. The number of allylic oxidation sites excluding steroid dienone is 8. The van der Waals surface area contributed by atoms with Gasteiger partial charge in [-0.15, -0.1) is 0 Å². The fourth-order valence-corrected chi connectivity index (χ4v) is 4.22. The molecule has 0 rings (SSSR count). The average Bonchev–Trinajstić information content (AvgIpc) is 2.17. The second kappa shape index (κ2) is 15.1. The largest absolute Gasteiger partial charge is 0 e. The van der Waals surface area contributed by atoms with Gasteiger partial charge in [0.15, 0.2) is 0 Å². The van der Waals surface area contributed by atoms with E-state index in [0.717, 1.165) is 0 Å². The van der Waals surface area contributed by atoms with E-state index in [2.05, 4.69) is 50.0 Å². The van der Waals surface area contributed by atoms with Crippen LogP contribution in [-0.2, 0) is 65.4 Å². The van der Waals surface area contributed by atoms with Crippen LogP contribution in [0.2, 0.25) is 29.6 Å². The van der Waals surface area contributed by atoms with E-state index >= 15 is 0 Å². The van der Waals surface area contributed by atoms with E-state index < -0.39 is 36.8 Å². The quantitative estimate of drug-likeness (QED) is 0.226. The smallest absolute Gasteiger partial charge is 0 e. The van der Waals surface area contributed by atoms with Gasteiger partial charge in [-0.2, -0.15) is 0 Å². The minimum atomic E-state index is -1.85. The predicted molar refractivity (Wildman–Crippen MR) is 87.1 cm³/mol. The van der Waals surface area contributed by atoms with Gasteiger partial charge in [-0.25, -0.2) is 0 Å². The van der Waals surface area contributed by atoms with E-state index in [4.69, 9.17) is 0 Å². The molecule has 0 aliphatic heterocycles. The number of hydrogen-bond donors (Lipinski definition) is 0. The molecule has 0 fully saturated rings. The van der Waals surface area contributed by atoms with E-state index in [1.54, 1.807) is 0 Å². The Hall–Kier alpha value is 2.51. The van der Waals surface area contributed by atoms with Gasteiger partial charge in [0.1, 0.15) is 0 Å². The fourth-order valence-electron chi connectivity index (χ4n) is 0.887. The van der Waals surface area contributed by atoms with Gasteiger partial charge in [0, 0.05) is 65.4 Å². The molecule has 0 bridgehead atoms. The SMILES string of the molecule is [CH3][Sn]([CH3])([CH3])[C-]=CC=[C-]/C=C/[C-]=CC=[C-][Sn]([CH3])([CH3])[CH3].[Y].[Y]. The fraction of sp³-hybridized carbons (Fsp3) is 0.375. The zero-order chi connectivity index (χ0) is 14.1. The predicted octanol–water partition coefficient (Wildman–Crippen LogP) is 4.73. The van der Waals surface area contributed by atoms with Crippen molar-refractivity contribution in [1.29, 1.82) is 0 Å². The third kappa shape index (κ3) is 25.5. The van der Waals surface area contributed by atoms with Crippen molar-refractivity contribution in [3.8, 4) is 0 Å². The van der Waals surface area contributed by atoms with Gasteiger partial charge in [0.2, 0.25) is 0 Å². The molecule has 0 aromatic carbocycles. The van der Waals surface area contributed by atoms with E-state index in [-0.39, 0.29) is 65.4 Å². The first kappa shape index (κ1) is 27.4. The van der Waals surface area contributed by atoms with Gasteiger partial charge < -0.3 is 0 Å². The van der Waals surface area contributed by atoms with Crippen LogP contribution < -0.4 is 0 Å².